The molecule has 1 amide bonds. The van der Waals surface area contributed by atoms with Gasteiger partial charge in [0.15, 0.2) is 0 Å². The number of amides is 1. The minimum Gasteiger partial charge on any atom is -0.424 e. The van der Waals surface area contributed by atoms with Crippen LogP contribution < -0.4 is 5.32 Å². The Balaban J connectivity index is 1.31. The minimum atomic E-state index is 0.0219. The lowest BCUT2D eigenvalue weighted by Gasteiger charge is -2.30. The van der Waals surface area contributed by atoms with E-state index in [4.69, 9.17) is 4.42 Å². The van der Waals surface area contributed by atoms with E-state index in [2.05, 4.69) is 25.4 Å². The molecule has 1 aromatic carbocycles. The molecule has 27 heavy (non-hydrogen) atoms. The quantitative estimate of drug-likeness (QED) is 0.727. The molecule has 3 heterocycles. The molecule has 2 aromatic heterocycles. The normalized spacial score (nSPS) is 15.7. The first kappa shape index (κ1) is 17.8. The molecular weight excluding hydrogens is 362 g/mol. The van der Waals surface area contributed by atoms with Crippen LogP contribution in [-0.4, -0.2) is 39.1 Å². The zero-order valence-corrected chi connectivity index (χ0v) is 15.9. The fourth-order valence-electron chi connectivity index (χ4n) is 3.30. The summed E-state index contributed by atoms with van der Waals surface area (Å²) in [4.78, 5) is 19.2. The zero-order chi connectivity index (χ0) is 18.6. The van der Waals surface area contributed by atoms with Gasteiger partial charge in [0, 0.05) is 29.5 Å². The number of thiazole rings is 1. The fraction of sp³-hybridized carbons (Fsp3) is 0.368. The third kappa shape index (κ3) is 4.40. The van der Waals surface area contributed by atoms with Gasteiger partial charge in [0.05, 0.1) is 17.7 Å². The van der Waals surface area contributed by atoms with Gasteiger partial charge in [-0.25, -0.2) is 4.98 Å². The zero-order valence-electron chi connectivity index (χ0n) is 15.1. The summed E-state index contributed by atoms with van der Waals surface area (Å²) in [6, 6.07) is 7.84. The topological polar surface area (TPSA) is 84.2 Å². The molecule has 4 rings (SSSR count). The van der Waals surface area contributed by atoms with Gasteiger partial charge < -0.3 is 9.73 Å². The molecule has 1 fully saturated rings. The van der Waals surface area contributed by atoms with E-state index in [-0.39, 0.29) is 11.8 Å². The van der Waals surface area contributed by atoms with Crippen molar-refractivity contribution in [2.75, 3.05) is 18.4 Å². The molecule has 3 aromatic rings. The summed E-state index contributed by atoms with van der Waals surface area (Å²) in [5, 5.41) is 13.0. The van der Waals surface area contributed by atoms with Crippen molar-refractivity contribution in [1.82, 2.24) is 20.1 Å². The summed E-state index contributed by atoms with van der Waals surface area (Å²) in [5.41, 5.74) is 4.57. The SMILES string of the molecule is Cc1nnc(CN2CCC(C(=O)Nc3cccc(-c4cscn4)c3)CC2)o1. The highest BCUT2D eigenvalue weighted by atomic mass is 32.1. The number of hydrogen-bond acceptors (Lipinski definition) is 7. The second kappa shape index (κ2) is 7.98. The summed E-state index contributed by atoms with van der Waals surface area (Å²) in [5.74, 6) is 1.32. The van der Waals surface area contributed by atoms with Crippen molar-refractivity contribution >= 4 is 22.9 Å². The Morgan fingerprint density at radius 1 is 1.33 bits per heavy atom. The van der Waals surface area contributed by atoms with Crippen molar-refractivity contribution in [2.45, 2.75) is 26.3 Å². The largest absolute Gasteiger partial charge is 0.424 e. The number of aryl methyl sites for hydroxylation is 1. The number of piperidine rings is 1. The van der Waals surface area contributed by atoms with Gasteiger partial charge in [-0.2, -0.15) is 0 Å². The Kier molecular flexibility index (Phi) is 5.26. The van der Waals surface area contributed by atoms with Gasteiger partial charge in [-0.1, -0.05) is 12.1 Å². The first-order chi connectivity index (χ1) is 13.2. The Labute approximate surface area is 161 Å². The summed E-state index contributed by atoms with van der Waals surface area (Å²) >= 11 is 1.56. The summed E-state index contributed by atoms with van der Waals surface area (Å²) in [6.45, 7) is 4.12. The molecule has 1 aliphatic rings. The van der Waals surface area contributed by atoms with E-state index >= 15 is 0 Å². The van der Waals surface area contributed by atoms with Crippen molar-refractivity contribution in [3.05, 3.63) is 46.9 Å². The van der Waals surface area contributed by atoms with Crippen molar-refractivity contribution in [2.24, 2.45) is 5.92 Å². The molecule has 0 bridgehead atoms. The van der Waals surface area contributed by atoms with Gasteiger partial charge in [-0.15, -0.1) is 21.5 Å². The van der Waals surface area contributed by atoms with Crippen LogP contribution >= 0.6 is 11.3 Å². The smallest absolute Gasteiger partial charge is 0.230 e. The molecule has 1 aliphatic heterocycles. The van der Waals surface area contributed by atoms with Gasteiger partial charge in [0.1, 0.15) is 0 Å². The Morgan fingerprint density at radius 2 is 2.19 bits per heavy atom. The van der Waals surface area contributed by atoms with E-state index in [1.807, 2.05) is 35.2 Å². The van der Waals surface area contributed by atoms with E-state index in [1.165, 1.54) is 0 Å². The molecule has 7 nitrogen and oxygen atoms in total. The number of anilines is 1. The van der Waals surface area contributed by atoms with Crippen LogP contribution in [0.25, 0.3) is 11.3 Å². The van der Waals surface area contributed by atoms with Gasteiger partial charge >= 0.3 is 0 Å². The van der Waals surface area contributed by atoms with Gasteiger partial charge in [0.2, 0.25) is 17.7 Å². The number of hydrogen-bond donors (Lipinski definition) is 1. The Morgan fingerprint density at radius 3 is 2.89 bits per heavy atom. The van der Waals surface area contributed by atoms with Crippen LogP contribution in [0, 0.1) is 12.8 Å². The second-order valence-electron chi connectivity index (χ2n) is 6.71. The molecular formula is C19H21N5O2S. The predicted molar refractivity (Wildman–Crippen MR) is 103 cm³/mol. The predicted octanol–water partition coefficient (Wildman–Crippen LogP) is 3.35. The molecule has 0 spiro atoms. The first-order valence-electron chi connectivity index (χ1n) is 8.98. The average Bonchev–Trinajstić information content (AvgIpc) is 3.35. The number of carbonyl (C=O) groups excluding carboxylic acids is 1. The lowest BCUT2D eigenvalue weighted by molar-refractivity contribution is -0.121. The minimum absolute atomic E-state index is 0.0219. The number of carbonyl (C=O) groups is 1. The van der Waals surface area contributed by atoms with Crippen LogP contribution in [0.15, 0.2) is 39.6 Å². The molecule has 8 heteroatoms. The van der Waals surface area contributed by atoms with Crippen LogP contribution in [0.5, 0.6) is 0 Å². The highest BCUT2D eigenvalue weighted by Gasteiger charge is 2.26. The fourth-order valence-corrected chi connectivity index (χ4v) is 3.86. The first-order valence-corrected chi connectivity index (χ1v) is 9.92. The van der Waals surface area contributed by atoms with Crippen LogP contribution in [0.2, 0.25) is 0 Å². The highest BCUT2D eigenvalue weighted by Crippen LogP contribution is 2.24. The monoisotopic (exact) mass is 383 g/mol. The molecule has 140 valence electrons. The molecule has 0 radical (unpaired) electrons. The molecule has 0 unspecified atom stereocenters. The van der Waals surface area contributed by atoms with Crippen molar-refractivity contribution in [3.8, 4) is 11.3 Å². The number of likely N-dealkylation sites (tertiary alicyclic amines) is 1. The van der Waals surface area contributed by atoms with Crippen LogP contribution in [0.4, 0.5) is 5.69 Å². The summed E-state index contributed by atoms with van der Waals surface area (Å²) < 4.78 is 5.43. The number of benzene rings is 1. The highest BCUT2D eigenvalue weighted by molar-refractivity contribution is 7.07. The molecule has 1 saturated heterocycles. The van der Waals surface area contributed by atoms with E-state index in [0.29, 0.717) is 18.3 Å². The lowest BCUT2D eigenvalue weighted by atomic mass is 9.95. The third-order valence-electron chi connectivity index (χ3n) is 4.74. The number of rotatable bonds is 5. The standard InChI is InChI=1S/C19H21N5O2S/c1-13-22-23-18(26-13)10-24-7-5-14(6-8-24)19(25)21-16-4-2-3-15(9-16)17-11-27-12-20-17/h2-4,9,11-12,14H,5-8,10H2,1H3,(H,21,25). The van der Waals surface area contributed by atoms with Gasteiger partial charge in [-0.05, 0) is 38.1 Å². The summed E-state index contributed by atoms with van der Waals surface area (Å²) in [7, 11) is 0. The maximum absolute atomic E-state index is 12.6. The number of nitrogens with one attached hydrogen (secondary N) is 1. The van der Waals surface area contributed by atoms with Crippen LogP contribution in [0.1, 0.15) is 24.6 Å². The second-order valence-corrected chi connectivity index (χ2v) is 7.43. The summed E-state index contributed by atoms with van der Waals surface area (Å²) in [6.07, 6.45) is 1.65. The van der Waals surface area contributed by atoms with Crippen molar-refractivity contribution < 1.29 is 9.21 Å². The van der Waals surface area contributed by atoms with Gasteiger partial charge in [0.25, 0.3) is 0 Å². The van der Waals surface area contributed by atoms with Crippen LogP contribution in [-0.2, 0) is 11.3 Å². The average molecular weight is 383 g/mol. The molecule has 0 atom stereocenters. The number of aromatic nitrogens is 3. The van der Waals surface area contributed by atoms with E-state index in [9.17, 15) is 4.79 Å². The third-order valence-corrected chi connectivity index (χ3v) is 5.33. The number of nitrogens with zero attached hydrogens (tertiary/aromatic N) is 4. The maximum atomic E-state index is 12.6. The van der Waals surface area contributed by atoms with E-state index < -0.39 is 0 Å². The van der Waals surface area contributed by atoms with E-state index in [0.717, 1.165) is 42.9 Å². The molecule has 0 saturated carbocycles. The Bertz CT molecular complexity index is 900. The molecule has 0 aliphatic carbocycles. The Hall–Kier alpha value is -2.58. The molecule has 1 N–H and O–H groups in total. The lowest BCUT2D eigenvalue weighted by Crippen LogP contribution is -2.37. The van der Waals surface area contributed by atoms with Crippen molar-refractivity contribution in [3.63, 3.8) is 0 Å². The van der Waals surface area contributed by atoms with E-state index in [1.54, 1.807) is 18.3 Å². The van der Waals surface area contributed by atoms with Gasteiger partial charge in [-0.3, -0.25) is 9.69 Å². The van der Waals surface area contributed by atoms with Crippen LogP contribution in [0.3, 0.4) is 0 Å². The van der Waals surface area contributed by atoms with Crippen molar-refractivity contribution in [1.29, 1.82) is 0 Å². The maximum Gasteiger partial charge on any atom is 0.230 e.